The number of aliphatic hydroxyl groups is 1. The molecular formula is C19H22Cl3NO7. The number of benzene rings is 1. The lowest BCUT2D eigenvalue weighted by Crippen LogP contribution is -2.66. The van der Waals surface area contributed by atoms with E-state index in [1.165, 1.54) is 6.08 Å². The summed E-state index contributed by atoms with van der Waals surface area (Å²) in [5, 5.41) is 13.5. The molecule has 0 aromatic heterocycles. The molecule has 2 heterocycles. The van der Waals surface area contributed by atoms with Gasteiger partial charge in [0.1, 0.15) is 31.0 Å². The maximum Gasteiger partial charge on any atom is 0.407 e. The number of halogens is 3. The fraction of sp³-hybridized carbons (Fsp3) is 0.526. The maximum absolute atomic E-state index is 12.2. The molecule has 0 bridgehead atoms. The van der Waals surface area contributed by atoms with Crippen LogP contribution in [0.25, 0.3) is 0 Å². The second-order valence-corrected chi connectivity index (χ2v) is 9.21. The highest BCUT2D eigenvalue weighted by molar-refractivity contribution is 6.67. The Kier molecular flexibility index (Phi) is 8.23. The molecule has 3 rings (SSSR count). The molecule has 2 aliphatic heterocycles. The Labute approximate surface area is 188 Å². The van der Waals surface area contributed by atoms with Crippen LogP contribution in [0.4, 0.5) is 4.79 Å². The highest BCUT2D eigenvalue weighted by atomic mass is 35.6. The van der Waals surface area contributed by atoms with Crippen molar-refractivity contribution in [1.29, 1.82) is 0 Å². The molecular weight excluding hydrogens is 461 g/mol. The molecule has 1 aromatic carbocycles. The highest BCUT2D eigenvalue weighted by Crippen LogP contribution is 2.34. The number of rotatable bonds is 6. The van der Waals surface area contributed by atoms with Crippen molar-refractivity contribution in [3.63, 3.8) is 0 Å². The summed E-state index contributed by atoms with van der Waals surface area (Å²) in [6.45, 7) is 3.40. The van der Waals surface area contributed by atoms with Crippen LogP contribution in [-0.2, 0) is 23.7 Å². The third kappa shape index (κ3) is 6.21. The minimum absolute atomic E-state index is 0.129. The number of hydrogen-bond donors (Lipinski definition) is 2. The summed E-state index contributed by atoms with van der Waals surface area (Å²) in [6.07, 6.45) is -3.66. The van der Waals surface area contributed by atoms with Gasteiger partial charge in [-0.25, -0.2) is 4.79 Å². The zero-order valence-electron chi connectivity index (χ0n) is 15.8. The largest absolute Gasteiger partial charge is 0.445 e. The Balaban J connectivity index is 1.70. The fourth-order valence-corrected chi connectivity index (χ4v) is 3.32. The predicted molar refractivity (Wildman–Crippen MR) is 109 cm³/mol. The summed E-state index contributed by atoms with van der Waals surface area (Å²) >= 11 is 16.8. The van der Waals surface area contributed by atoms with Gasteiger partial charge < -0.3 is 34.1 Å². The number of hydrogen-bond acceptors (Lipinski definition) is 7. The lowest BCUT2D eigenvalue weighted by Gasteiger charge is -2.47. The van der Waals surface area contributed by atoms with Crippen molar-refractivity contribution >= 4 is 40.9 Å². The summed E-state index contributed by atoms with van der Waals surface area (Å²) in [6, 6.07) is 8.27. The van der Waals surface area contributed by atoms with Crippen molar-refractivity contribution in [2.45, 2.75) is 40.7 Å². The third-order valence-corrected chi connectivity index (χ3v) is 4.79. The van der Waals surface area contributed by atoms with Crippen molar-refractivity contribution in [3.05, 3.63) is 48.6 Å². The normalized spacial score (nSPS) is 31.5. The molecule has 2 N–H and O–H groups in total. The minimum Gasteiger partial charge on any atom is -0.445 e. The van der Waals surface area contributed by atoms with Crippen LogP contribution in [0.1, 0.15) is 11.9 Å². The van der Waals surface area contributed by atoms with E-state index >= 15 is 0 Å². The Morgan fingerprint density at radius 3 is 2.70 bits per heavy atom. The molecule has 0 saturated carbocycles. The van der Waals surface area contributed by atoms with Gasteiger partial charge in [0, 0.05) is 5.56 Å². The molecule has 30 heavy (non-hydrogen) atoms. The van der Waals surface area contributed by atoms with E-state index in [-0.39, 0.29) is 13.2 Å². The molecule has 0 unspecified atom stereocenters. The predicted octanol–water partition coefficient (Wildman–Crippen LogP) is 2.85. The van der Waals surface area contributed by atoms with Crippen LogP contribution in [0.2, 0.25) is 0 Å². The molecule has 6 atom stereocenters. The van der Waals surface area contributed by atoms with Crippen molar-refractivity contribution in [2.24, 2.45) is 0 Å². The Morgan fingerprint density at radius 2 is 2.03 bits per heavy atom. The number of amides is 1. The van der Waals surface area contributed by atoms with Crippen LogP contribution in [-0.4, -0.2) is 65.5 Å². The average molecular weight is 483 g/mol. The number of alkyl halides is 3. The van der Waals surface area contributed by atoms with Crippen molar-refractivity contribution in [3.8, 4) is 0 Å². The monoisotopic (exact) mass is 481 g/mol. The average Bonchev–Trinajstić information content (AvgIpc) is 2.73. The van der Waals surface area contributed by atoms with Crippen LogP contribution in [0, 0.1) is 0 Å². The maximum atomic E-state index is 12.2. The van der Waals surface area contributed by atoms with E-state index in [1.807, 2.05) is 30.3 Å². The van der Waals surface area contributed by atoms with Crippen molar-refractivity contribution in [2.75, 3.05) is 19.8 Å². The van der Waals surface area contributed by atoms with Gasteiger partial charge in [0.15, 0.2) is 12.6 Å². The number of aliphatic hydroxyl groups excluding tert-OH is 1. The van der Waals surface area contributed by atoms with E-state index in [0.29, 0.717) is 0 Å². The van der Waals surface area contributed by atoms with E-state index in [1.54, 1.807) is 0 Å². The van der Waals surface area contributed by atoms with Gasteiger partial charge in [-0.1, -0.05) is 71.2 Å². The van der Waals surface area contributed by atoms with Gasteiger partial charge in [-0.05, 0) is 0 Å². The van der Waals surface area contributed by atoms with E-state index in [2.05, 4.69) is 11.9 Å². The first kappa shape index (κ1) is 23.6. The molecule has 166 valence electrons. The SMILES string of the molecule is C=CCO[C@H]1O[C@@H]2CO[C@@H](c3ccccc3)O[C@H]2[C@H](O)[C@H]1NC(=O)OCC(Cl)(Cl)Cl. The van der Waals surface area contributed by atoms with Gasteiger partial charge in [-0.2, -0.15) is 0 Å². The van der Waals surface area contributed by atoms with Crippen LogP contribution < -0.4 is 5.32 Å². The number of alkyl carbamates (subject to hydrolysis) is 1. The first-order chi connectivity index (χ1) is 14.3. The van der Waals surface area contributed by atoms with E-state index in [4.69, 9.17) is 58.5 Å². The molecule has 8 nitrogen and oxygen atoms in total. The van der Waals surface area contributed by atoms with E-state index in [0.717, 1.165) is 5.56 Å². The van der Waals surface area contributed by atoms with Crippen molar-refractivity contribution in [1.82, 2.24) is 5.32 Å². The molecule has 11 heteroatoms. The number of carbonyl (C=O) groups excluding carboxylic acids is 1. The second kappa shape index (κ2) is 10.5. The smallest absolute Gasteiger partial charge is 0.407 e. The van der Waals surface area contributed by atoms with Crippen LogP contribution in [0.3, 0.4) is 0 Å². The summed E-state index contributed by atoms with van der Waals surface area (Å²) in [5.41, 5.74) is 0.791. The summed E-state index contributed by atoms with van der Waals surface area (Å²) < 4.78 is 26.2. The molecule has 0 aliphatic carbocycles. The molecule has 2 fully saturated rings. The molecule has 2 saturated heterocycles. The van der Waals surface area contributed by atoms with Gasteiger partial charge in [0.2, 0.25) is 3.79 Å². The number of fused-ring (bicyclic) bond motifs is 1. The first-order valence-electron chi connectivity index (χ1n) is 9.16. The summed E-state index contributed by atoms with van der Waals surface area (Å²) in [4.78, 5) is 12.2. The summed E-state index contributed by atoms with van der Waals surface area (Å²) in [5.74, 6) is 0. The second-order valence-electron chi connectivity index (χ2n) is 6.69. The number of nitrogens with one attached hydrogen (secondary N) is 1. The fourth-order valence-electron chi connectivity index (χ4n) is 3.16. The van der Waals surface area contributed by atoms with Gasteiger partial charge in [-0.3, -0.25) is 0 Å². The van der Waals surface area contributed by atoms with Crippen LogP contribution in [0.15, 0.2) is 43.0 Å². The lowest BCUT2D eigenvalue weighted by atomic mass is 9.96. The van der Waals surface area contributed by atoms with Gasteiger partial charge in [0.25, 0.3) is 0 Å². The Morgan fingerprint density at radius 1 is 1.30 bits per heavy atom. The molecule has 0 spiro atoms. The van der Waals surface area contributed by atoms with Crippen molar-refractivity contribution < 1.29 is 33.6 Å². The molecule has 2 aliphatic rings. The topological polar surface area (TPSA) is 95.5 Å². The molecule has 0 radical (unpaired) electrons. The standard InChI is InChI=1S/C19H22Cl3NO7/c1-2-8-26-17-13(23-18(25)28-10-19(20,21)22)14(24)15-12(29-17)9-27-16(30-15)11-6-4-3-5-7-11/h2-7,12-17,24H,1,8-10H2,(H,23,25)/t12-,13-,14-,15-,16-,17+/m1/s1. The van der Waals surface area contributed by atoms with Gasteiger partial charge >= 0.3 is 6.09 Å². The molecule has 1 aromatic rings. The minimum atomic E-state index is -1.77. The van der Waals surface area contributed by atoms with Crippen LogP contribution in [0.5, 0.6) is 0 Å². The van der Waals surface area contributed by atoms with Gasteiger partial charge in [0.05, 0.1) is 13.2 Å². The van der Waals surface area contributed by atoms with E-state index < -0.39 is 53.4 Å². The molecule has 1 amide bonds. The Hall–Kier alpha value is -1.10. The zero-order valence-corrected chi connectivity index (χ0v) is 18.1. The zero-order chi connectivity index (χ0) is 21.7. The number of carbonyl (C=O) groups is 1. The van der Waals surface area contributed by atoms with E-state index in [9.17, 15) is 9.90 Å². The summed E-state index contributed by atoms with van der Waals surface area (Å²) in [7, 11) is 0. The Bertz CT molecular complexity index is 718. The first-order valence-corrected chi connectivity index (χ1v) is 10.3. The number of ether oxygens (including phenoxy) is 5. The third-order valence-electron chi connectivity index (χ3n) is 4.47. The van der Waals surface area contributed by atoms with Crippen LogP contribution >= 0.6 is 34.8 Å². The lowest BCUT2D eigenvalue weighted by molar-refractivity contribution is -0.342. The van der Waals surface area contributed by atoms with Gasteiger partial charge in [-0.15, -0.1) is 6.58 Å². The quantitative estimate of drug-likeness (QED) is 0.475. The highest BCUT2D eigenvalue weighted by Gasteiger charge is 2.50.